The average molecular weight is 280 g/mol. The maximum atomic E-state index is 2.22. The van der Waals surface area contributed by atoms with E-state index < -0.39 is 0 Å². The fourth-order valence-corrected chi connectivity index (χ4v) is 5.21. The summed E-state index contributed by atoms with van der Waals surface area (Å²) in [6.45, 7) is 0. The van der Waals surface area contributed by atoms with Gasteiger partial charge in [-0.25, -0.2) is 0 Å². The highest BCUT2D eigenvalue weighted by atomic mass is 32.2. The Morgan fingerprint density at radius 1 is 0.750 bits per heavy atom. The number of allylic oxidation sites excluding steroid dienone is 2. The normalized spacial score (nSPS) is 17.8. The van der Waals surface area contributed by atoms with E-state index in [1.54, 1.807) is 23.5 Å². The van der Waals surface area contributed by atoms with Crippen molar-refractivity contribution in [2.45, 2.75) is 9.79 Å². The average Bonchev–Trinajstić information content (AvgIpc) is 2.95. The lowest BCUT2D eigenvalue weighted by Gasteiger charge is -1.92. The van der Waals surface area contributed by atoms with Gasteiger partial charge in [-0.15, -0.1) is 0 Å². The van der Waals surface area contributed by atoms with Crippen molar-refractivity contribution >= 4 is 47.0 Å². The molecule has 0 bridgehead atoms. The number of rotatable bonds is 1. The summed E-state index contributed by atoms with van der Waals surface area (Å²) in [5.74, 6) is 0. The number of hydrogen-bond acceptors (Lipinski definition) is 4. The summed E-state index contributed by atoms with van der Waals surface area (Å²) < 4.78 is 2.71. The third kappa shape index (κ3) is 2.40. The molecule has 1 aromatic carbocycles. The summed E-state index contributed by atoms with van der Waals surface area (Å²) in [6.07, 6.45) is 4.42. The number of thioether (sulfide) groups is 4. The molecular formula is C12H8S4. The molecule has 0 aliphatic carbocycles. The first-order valence-corrected chi connectivity index (χ1v) is 8.16. The van der Waals surface area contributed by atoms with Gasteiger partial charge in [0, 0.05) is 18.3 Å². The van der Waals surface area contributed by atoms with Gasteiger partial charge in [0.05, 0.1) is 0 Å². The first kappa shape index (κ1) is 11.0. The maximum Gasteiger partial charge on any atom is 0.0500 e. The van der Waals surface area contributed by atoms with Crippen LogP contribution in [0.25, 0.3) is 0 Å². The van der Waals surface area contributed by atoms with Gasteiger partial charge in [0.1, 0.15) is 0 Å². The van der Waals surface area contributed by atoms with E-state index in [4.69, 9.17) is 0 Å². The molecule has 0 spiro atoms. The topological polar surface area (TPSA) is 0 Å². The van der Waals surface area contributed by atoms with E-state index in [1.807, 2.05) is 23.5 Å². The van der Waals surface area contributed by atoms with Crippen LogP contribution in [0.2, 0.25) is 0 Å². The molecule has 0 atom stereocenters. The zero-order valence-corrected chi connectivity index (χ0v) is 11.5. The molecule has 2 heterocycles. The molecule has 0 saturated carbocycles. The molecule has 16 heavy (non-hydrogen) atoms. The standard InChI is InChI=1S/C12H8S4/c1-2-4-10-9(3-1)15-12(16-10)6-5-11-13-7-8-14-11/h1-8H. The third-order valence-electron chi connectivity index (χ3n) is 2.05. The summed E-state index contributed by atoms with van der Waals surface area (Å²) in [7, 11) is 0. The van der Waals surface area contributed by atoms with Crippen LogP contribution in [0.15, 0.2) is 65.5 Å². The first-order chi connectivity index (χ1) is 7.92. The lowest BCUT2D eigenvalue weighted by molar-refractivity contribution is 1.27. The molecule has 1 aromatic rings. The largest absolute Gasteiger partial charge is 0.0902 e. The van der Waals surface area contributed by atoms with Gasteiger partial charge >= 0.3 is 0 Å². The lowest BCUT2D eigenvalue weighted by Crippen LogP contribution is -1.65. The smallest absolute Gasteiger partial charge is 0.0500 e. The fourth-order valence-electron chi connectivity index (χ4n) is 1.36. The molecule has 0 aromatic heterocycles. The molecule has 0 N–H and O–H groups in total. The monoisotopic (exact) mass is 280 g/mol. The minimum absolute atomic E-state index is 1.35. The van der Waals surface area contributed by atoms with E-state index in [1.165, 1.54) is 18.3 Å². The highest BCUT2D eigenvalue weighted by Gasteiger charge is 2.15. The van der Waals surface area contributed by atoms with E-state index in [9.17, 15) is 0 Å². The molecule has 4 heteroatoms. The second-order valence-corrected chi connectivity index (χ2v) is 7.71. The molecular weight excluding hydrogens is 272 g/mol. The van der Waals surface area contributed by atoms with Crippen LogP contribution in [-0.4, -0.2) is 0 Å². The van der Waals surface area contributed by atoms with Crippen LogP contribution in [0.1, 0.15) is 0 Å². The Labute approximate surface area is 112 Å². The van der Waals surface area contributed by atoms with Crippen molar-refractivity contribution in [3.63, 3.8) is 0 Å². The Balaban J connectivity index is 1.76. The Kier molecular flexibility index (Phi) is 3.43. The van der Waals surface area contributed by atoms with Gasteiger partial charge in [-0.2, -0.15) is 0 Å². The van der Waals surface area contributed by atoms with Gasteiger partial charge in [-0.1, -0.05) is 59.2 Å². The minimum Gasteiger partial charge on any atom is -0.0902 e. The molecule has 2 aliphatic rings. The van der Waals surface area contributed by atoms with Crippen molar-refractivity contribution < 1.29 is 0 Å². The molecule has 0 radical (unpaired) electrons. The van der Waals surface area contributed by atoms with Crippen LogP contribution in [-0.2, 0) is 0 Å². The van der Waals surface area contributed by atoms with Gasteiger partial charge in [0.15, 0.2) is 0 Å². The molecule has 80 valence electrons. The number of fused-ring (bicyclic) bond motifs is 1. The SMILES string of the molecule is C1=CSC(=CC=C2Sc3ccccc3S2)S1. The van der Waals surface area contributed by atoms with E-state index in [-0.39, 0.29) is 0 Å². The third-order valence-corrected chi connectivity index (χ3v) is 6.54. The van der Waals surface area contributed by atoms with Gasteiger partial charge in [-0.3, -0.25) is 0 Å². The van der Waals surface area contributed by atoms with Crippen LogP contribution in [0.5, 0.6) is 0 Å². The first-order valence-electron chi connectivity index (χ1n) is 4.77. The predicted molar refractivity (Wildman–Crippen MR) is 78.6 cm³/mol. The number of benzene rings is 1. The Morgan fingerprint density at radius 3 is 1.94 bits per heavy atom. The van der Waals surface area contributed by atoms with E-state index in [0.29, 0.717) is 0 Å². The Hall–Kier alpha value is -0.160. The fraction of sp³-hybridized carbons (Fsp3) is 0. The zero-order chi connectivity index (χ0) is 10.8. The lowest BCUT2D eigenvalue weighted by atomic mass is 10.4. The van der Waals surface area contributed by atoms with Crippen molar-refractivity contribution in [1.29, 1.82) is 0 Å². The van der Waals surface area contributed by atoms with Crippen LogP contribution >= 0.6 is 47.0 Å². The van der Waals surface area contributed by atoms with Crippen LogP contribution < -0.4 is 0 Å². The Morgan fingerprint density at radius 2 is 1.31 bits per heavy atom. The summed E-state index contributed by atoms with van der Waals surface area (Å²) in [5, 5.41) is 4.25. The minimum atomic E-state index is 1.35. The van der Waals surface area contributed by atoms with E-state index in [0.717, 1.165) is 0 Å². The van der Waals surface area contributed by atoms with Gasteiger partial charge in [-0.05, 0) is 35.1 Å². The molecule has 3 rings (SSSR count). The second kappa shape index (κ2) is 5.00. The van der Waals surface area contributed by atoms with Gasteiger partial charge in [0.25, 0.3) is 0 Å². The highest BCUT2D eigenvalue weighted by Crippen LogP contribution is 2.50. The van der Waals surface area contributed by atoms with Crippen molar-refractivity contribution in [3.8, 4) is 0 Å². The van der Waals surface area contributed by atoms with Crippen LogP contribution in [0.3, 0.4) is 0 Å². The summed E-state index contributed by atoms with van der Waals surface area (Å²) in [4.78, 5) is 2.75. The van der Waals surface area contributed by atoms with Crippen molar-refractivity contribution in [1.82, 2.24) is 0 Å². The highest BCUT2D eigenvalue weighted by molar-refractivity contribution is 8.27. The molecule has 0 fully saturated rings. The summed E-state index contributed by atoms with van der Waals surface area (Å²) in [5.41, 5.74) is 0. The second-order valence-electron chi connectivity index (χ2n) is 3.13. The molecule has 0 unspecified atom stereocenters. The molecule has 0 nitrogen and oxygen atoms in total. The van der Waals surface area contributed by atoms with Gasteiger partial charge < -0.3 is 0 Å². The van der Waals surface area contributed by atoms with Crippen molar-refractivity contribution in [3.05, 3.63) is 55.7 Å². The molecule has 0 amide bonds. The zero-order valence-electron chi connectivity index (χ0n) is 8.25. The predicted octanol–water partition coefficient (Wildman–Crippen LogP) is 5.52. The summed E-state index contributed by atoms with van der Waals surface area (Å²) >= 11 is 7.30. The van der Waals surface area contributed by atoms with Crippen molar-refractivity contribution in [2.24, 2.45) is 0 Å². The Bertz CT molecular complexity index is 462. The molecule has 0 saturated heterocycles. The maximum absolute atomic E-state index is 2.22. The quantitative estimate of drug-likeness (QED) is 0.664. The van der Waals surface area contributed by atoms with E-state index in [2.05, 4.69) is 47.2 Å². The van der Waals surface area contributed by atoms with E-state index >= 15 is 0 Å². The summed E-state index contributed by atoms with van der Waals surface area (Å²) in [6, 6.07) is 8.56. The number of hydrogen-bond donors (Lipinski definition) is 0. The molecule has 2 aliphatic heterocycles. The van der Waals surface area contributed by atoms with Crippen LogP contribution in [0.4, 0.5) is 0 Å². The van der Waals surface area contributed by atoms with Gasteiger partial charge in [0.2, 0.25) is 0 Å². The van der Waals surface area contributed by atoms with Crippen molar-refractivity contribution in [2.75, 3.05) is 0 Å². The van der Waals surface area contributed by atoms with Crippen LogP contribution in [0, 0.1) is 0 Å².